The Labute approximate surface area is 140 Å². The van der Waals surface area contributed by atoms with Crippen LogP contribution in [0.2, 0.25) is 0 Å². The molecular formula is C17H21N3O2S. The van der Waals surface area contributed by atoms with Gasteiger partial charge in [-0.3, -0.25) is 4.79 Å². The first-order valence-corrected chi connectivity index (χ1v) is 8.61. The molecule has 1 aliphatic rings. The summed E-state index contributed by atoms with van der Waals surface area (Å²) in [6, 6.07) is 10.4. The first-order chi connectivity index (χ1) is 11.2. The van der Waals surface area contributed by atoms with Gasteiger partial charge in [0, 0.05) is 26.1 Å². The number of nitrogens with zero attached hydrogens (tertiary/aromatic N) is 3. The third-order valence-corrected chi connectivity index (χ3v) is 5.08. The van der Waals surface area contributed by atoms with E-state index in [2.05, 4.69) is 21.7 Å². The van der Waals surface area contributed by atoms with E-state index in [-0.39, 0.29) is 12.0 Å². The minimum atomic E-state index is -0.0103. The summed E-state index contributed by atoms with van der Waals surface area (Å²) in [7, 11) is 1.76. The summed E-state index contributed by atoms with van der Waals surface area (Å²) in [5, 5.41) is 3.99. The van der Waals surface area contributed by atoms with Crippen LogP contribution in [-0.4, -0.2) is 46.7 Å². The zero-order valence-corrected chi connectivity index (χ0v) is 14.3. The van der Waals surface area contributed by atoms with Crippen molar-refractivity contribution < 1.29 is 9.53 Å². The molecular weight excluding hydrogens is 310 g/mol. The van der Waals surface area contributed by atoms with E-state index in [0.29, 0.717) is 24.7 Å². The van der Waals surface area contributed by atoms with E-state index < -0.39 is 0 Å². The first-order valence-electron chi connectivity index (χ1n) is 7.84. The van der Waals surface area contributed by atoms with Gasteiger partial charge in [-0.1, -0.05) is 34.8 Å². The molecule has 2 aromatic rings. The summed E-state index contributed by atoms with van der Waals surface area (Å²) in [5.41, 5.74) is 1.77. The molecule has 0 spiro atoms. The number of aromatic nitrogens is 2. The molecule has 0 saturated carbocycles. The minimum absolute atomic E-state index is 0.0103. The predicted molar refractivity (Wildman–Crippen MR) is 89.6 cm³/mol. The Hall–Kier alpha value is -1.79. The first kappa shape index (κ1) is 16.1. The molecule has 1 aromatic carbocycles. The van der Waals surface area contributed by atoms with Gasteiger partial charge in [0.2, 0.25) is 0 Å². The summed E-state index contributed by atoms with van der Waals surface area (Å²) < 4.78 is 9.53. The van der Waals surface area contributed by atoms with Gasteiger partial charge >= 0.3 is 0 Å². The summed E-state index contributed by atoms with van der Waals surface area (Å²) in [4.78, 5) is 15.4. The normalized spacial score (nSPS) is 21.4. The third kappa shape index (κ3) is 3.59. The van der Waals surface area contributed by atoms with E-state index in [1.165, 1.54) is 17.1 Å². The lowest BCUT2D eigenvalue weighted by Crippen LogP contribution is -2.47. The average molecular weight is 331 g/mol. The second-order valence-corrected chi connectivity index (χ2v) is 6.90. The number of amides is 1. The van der Waals surface area contributed by atoms with E-state index in [1.807, 2.05) is 30.0 Å². The molecule has 1 saturated heterocycles. The van der Waals surface area contributed by atoms with Gasteiger partial charge in [0.15, 0.2) is 5.69 Å². The molecule has 2 atom stereocenters. The smallest absolute Gasteiger partial charge is 0.275 e. The van der Waals surface area contributed by atoms with Crippen LogP contribution in [-0.2, 0) is 11.2 Å². The van der Waals surface area contributed by atoms with Crippen molar-refractivity contribution in [2.24, 2.45) is 5.92 Å². The molecule has 0 unspecified atom stereocenters. The van der Waals surface area contributed by atoms with Crippen molar-refractivity contribution in [1.29, 1.82) is 0 Å². The highest BCUT2D eigenvalue weighted by Gasteiger charge is 2.33. The highest BCUT2D eigenvalue weighted by Crippen LogP contribution is 2.25. The van der Waals surface area contributed by atoms with E-state index in [4.69, 9.17) is 4.74 Å². The summed E-state index contributed by atoms with van der Waals surface area (Å²) in [6.45, 7) is 3.30. The fraction of sp³-hybridized carbons (Fsp3) is 0.471. The molecule has 23 heavy (non-hydrogen) atoms. The standard InChI is InChI=1S/C17H21N3O2S/c1-12-16(18-19-23-12)17(21)20-9-8-15(22-2)14(11-20)10-13-6-4-3-5-7-13/h3-7,14-15H,8-11H2,1-2H3/t14-,15+/m1/s1. The van der Waals surface area contributed by atoms with Gasteiger partial charge in [-0.15, -0.1) is 5.10 Å². The van der Waals surface area contributed by atoms with Gasteiger partial charge < -0.3 is 9.64 Å². The van der Waals surface area contributed by atoms with Gasteiger partial charge in [0.25, 0.3) is 5.91 Å². The van der Waals surface area contributed by atoms with Gasteiger partial charge in [0.1, 0.15) is 0 Å². The van der Waals surface area contributed by atoms with Crippen LogP contribution in [0.3, 0.4) is 0 Å². The SMILES string of the molecule is CO[C@H]1CCN(C(=O)c2nnsc2C)C[C@H]1Cc1ccccc1. The molecule has 0 aliphatic carbocycles. The lowest BCUT2D eigenvalue weighted by molar-refractivity contribution is -0.00319. The number of methoxy groups -OCH3 is 1. The van der Waals surface area contributed by atoms with Crippen LogP contribution >= 0.6 is 11.5 Å². The number of carbonyl (C=O) groups excluding carboxylic acids is 1. The van der Waals surface area contributed by atoms with Crippen LogP contribution in [0.5, 0.6) is 0 Å². The van der Waals surface area contributed by atoms with Crippen LogP contribution in [0.4, 0.5) is 0 Å². The molecule has 122 valence electrons. The second kappa shape index (κ2) is 7.19. The van der Waals surface area contributed by atoms with E-state index >= 15 is 0 Å². The number of ether oxygens (including phenoxy) is 1. The minimum Gasteiger partial charge on any atom is -0.381 e. The summed E-state index contributed by atoms with van der Waals surface area (Å²) in [6.07, 6.45) is 1.96. The van der Waals surface area contributed by atoms with Crippen LogP contribution in [0.1, 0.15) is 27.3 Å². The number of aryl methyl sites for hydroxylation is 1. The van der Waals surface area contributed by atoms with Crippen LogP contribution in [0, 0.1) is 12.8 Å². The zero-order valence-electron chi connectivity index (χ0n) is 13.4. The fourth-order valence-corrected chi connectivity index (χ4v) is 3.66. The Morgan fingerprint density at radius 3 is 2.83 bits per heavy atom. The fourth-order valence-electron chi connectivity index (χ4n) is 3.20. The number of piperidine rings is 1. The van der Waals surface area contributed by atoms with E-state index in [1.54, 1.807) is 7.11 Å². The molecule has 1 aliphatic heterocycles. The summed E-state index contributed by atoms with van der Waals surface area (Å²) in [5.74, 6) is 0.288. The number of hydrogen-bond acceptors (Lipinski definition) is 5. The third-order valence-electron chi connectivity index (χ3n) is 4.45. The number of benzene rings is 1. The topological polar surface area (TPSA) is 55.3 Å². The molecule has 0 bridgehead atoms. The number of hydrogen-bond donors (Lipinski definition) is 0. The maximum atomic E-state index is 12.7. The molecule has 6 heteroatoms. The Balaban J connectivity index is 1.73. The lowest BCUT2D eigenvalue weighted by Gasteiger charge is -2.37. The predicted octanol–water partition coefficient (Wildman–Crippen LogP) is 2.57. The number of likely N-dealkylation sites (tertiary alicyclic amines) is 1. The Morgan fingerprint density at radius 2 is 2.17 bits per heavy atom. The molecule has 5 nitrogen and oxygen atoms in total. The molecule has 2 heterocycles. The van der Waals surface area contributed by atoms with Crippen molar-refractivity contribution in [1.82, 2.24) is 14.5 Å². The molecule has 3 rings (SSSR count). The van der Waals surface area contributed by atoms with Crippen molar-refractivity contribution in [3.05, 3.63) is 46.5 Å². The second-order valence-electron chi connectivity index (χ2n) is 5.94. The van der Waals surface area contributed by atoms with E-state index in [9.17, 15) is 4.79 Å². The Morgan fingerprint density at radius 1 is 1.39 bits per heavy atom. The molecule has 1 aromatic heterocycles. The van der Waals surface area contributed by atoms with Crippen molar-refractivity contribution >= 4 is 17.4 Å². The Bertz CT molecular complexity index is 659. The molecule has 0 N–H and O–H groups in total. The quantitative estimate of drug-likeness (QED) is 0.864. The molecule has 1 amide bonds. The van der Waals surface area contributed by atoms with Crippen LogP contribution < -0.4 is 0 Å². The number of carbonyl (C=O) groups is 1. The van der Waals surface area contributed by atoms with Crippen molar-refractivity contribution in [3.8, 4) is 0 Å². The van der Waals surface area contributed by atoms with E-state index in [0.717, 1.165) is 17.7 Å². The van der Waals surface area contributed by atoms with Crippen molar-refractivity contribution in [2.75, 3.05) is 20.2 Å². The van der Waals surface area contributed by atoms with Crippen LogP contribution in [0.15, 0.2) is 30.3 Å². The lowest BCUT2D eigenvalue weighted by atomic mass is 9.88. The van der Waals surface area contributed by atoms with Gasteiger partial charge in [-0.2, -0.15) is 0 Å². The van der Waals surface area contributed by atoms with Crippen LogP contribution in [0.25, 0.3) is 0 Å². The average Bonchev–Trinajstić information content (AvgIpc) is 3.01. The summed E-state index contributed by atoms with van der Waals surface area (Å²) >= 11 is 1.27. The zero-order chi connectivity index (χ0) is 16.2. The molecule has 1 fully saturated rings. The highest BCUT2D eigenvalue weighted by atomic mass is 32.1. The number of rotatable bonds is 4. The largest absolute Gasteiger partial charge is 0.381 e. The van der Waals surface area contributed by atoms with Gasteiger partial charge in [0.05, 0.1) is 11.0 Å². The van der Waals surface area contributed by atoms with Crippen molar-refractivity contribution in [3.63, 3.8) is 0 Å². The Kier molecular flexibility index (Phi) is 5.03. The highest BCUT2D eigenvalue weighted by molar-refractivity contribution is 7.05. The van der Waals surface area contributed by atoms with Crippen molar-refractivity contribution in [2.45, 2.75) is 25.9 Å². The monoisotopic (exact) mass is 331 g/mol. The maximum absolute atomic E-state index is 12.7. The van der Waals surface area contributed by atoms with Gasteiger partial charge in [-0.25, -0.2) is 0 Å². The maximum Gasteiger partial charge on any atom is 0.275 e. The van der Waals surface area contributed by atoms with Gasteiger partial charge in [-0.05, 0) is 36.9 Å². The molecule has 0 radical (unpaired) electrons.